The van der Waals surface area contributed by atoms with E-state index in [1.807, 2.05) is 52.0 Å². The molecule has 0 amide bonds. The molecule has 1 heterocycles. The standard InChI is InChI=1S/C30H34O4/c1-19(2)7-10-22-17-21(18-23-15-16-30(5,6)34-29(22)23)9-13-26(31)25-12-14-27(32)24(28(25)33)11-8-20(3)4/h7-9,12-18,32-33H,10-11H2,1-6H3. The maximum Gasteiger partial charge on any atom is 0.189 e. The highest BCUT2D eigenvalue weighted by Crippen LogP contribution is 2.36. The number of ether oxygens (including phenoxy) is 1. The molecule has 0 radical (unpaired) electrons. The van der Waals surface area contributed by atoms with Crippen molar-refractivity contribution in [2.24, 2.45) is 0 Å². The van der Waals surface area contributed by atoms with Crippen molar-refractivity contribution in [1.82, 2.24) is 0 Å². The van der Waals surface area contributed by atoms with Crippen molar-refractivity contribution in [3.8, 4) is 17.2 Å². The number of fused-ring (bicyclic) bond motifs is 1. The first-order valence-electron chi connectivity index (χ1n) is 11.5. The molecule has 0 saturated carbocycles. The second-order valence-electron chi connectivity index (χ2n) is 9.77. The van der Waals surface area contributed by atoms with Crippen LogP contribution in [0.15, 0.2) is 59.7 Å². The monoisotopic (exact) mass is 458 g/mol. The molecule has 178 valence electrons. The Bertz CT molecular complexity index is 1210. The van der Waals surface area contributed by atoms with Gasteiger partial charge >= 0.3 is 0 Å². The molecule has 0 aliphatic carbocycles. The molecule has 0 bridgehead atoms. The average molecular weight is 459 g/mol. The predicted molar refractivity (Wildman–Crippen MR) is 140 cm³/mol. The fourth-order valence-electron chi connectivity index (χ4n) is 3.73. The number of allylic oxidation sites excluding steroid dienone is 5. The maximum absolute atomic E-state index is 12.9. The molecule has 2 aromatic rings. The summed E-state index contributed by atoms with van der Waals surface area (Å²) < 4.78 is 6.24. The molecular weight excluding hydrogens is 424 g/mol. The molecule has 2 aromatic carbocycles. The van der Waals surface area contributed by atoms with Gasteiger partial charge in [0, 0.05) is 11.1 Å². The normalized spacial score (nSPS) is 13.8. The molecule has 0 fully saturated rings. The van der Waals surface area contributed by atoms with Crippen LogP contribution in [0.25, 0.3) is 12.2 Å². The van der Waals surface area contributed by atoms with Crippen LogP contribution in [0.5, 0.6) is 17.2 Å². The van der Waals surface area contributed by atoms with E-state index in [0.717, 1.165) is 34.4 Å². The Morgan fingerprint density at radius 2 is 1.68 bits per heavy atom. The van der Waals surface area contributed by atoms with Gasteiger partial charge in [-0.1, -0.05) is 35.5 Å². The van der Waals surface area contributed by atoms with E-state index in [1.165, 1.54) is 23.8 Å². The summed E-state index contributed by atoms with van der Waals surface area (Å²) in [6.07, 6.45) is 12.4. The van der Waals surface area contributed by atoms with Crippen molar-refractivity contribution >= 4 is 17.9 Å². The number of hydrogen-bond donors (Lipinski definition) is 2. The second kappa shape index (κ2) is 10.2. The summed E-state index contributed by atoms with van der Waals surface area (Å²) in [4.78, 5) is 12.9. The minimum Gasteiger partial charge on any atom is -0.508 e. The zero-order valence-electron chi connectivity index (χ0n) is 20.9. The Balaban J connectivity index is 1.94. The van der Waals surface area contributed by atoms with Gasteiger partial charge in [0.15, 0.2) is 5.78 Å². The number of hydrogen-bond acceptors (Lipinski definition) is 4. The summed E-state index contributed by atoms with van der Waals surface area (Å²) in [6, 6.07) is 6.94. The summed E-state index contributed by atoms with van der Waals surface area (Å²) >= 11 is 0. The van der Waals surface area contributed by atoms with Crippen LogP contribution in [-0.2, 0) is 12.8 Å². The molecule has 4 nitrogen and oxygen atoms in total. The van der Waals surface area contributed by atoms with E-state index in [-0.39, 0.29) is 28.4 Å². The summed E-state index contributed by atoms with van der Waals surface area (Å²) in [5.74, 6) is 0.338. The van der Waals surface area contributed by atoms with Gasteiger partial charge in [-0.05, 0) is 102 Å². The minimum absolute atomic E-state index is 0.0242. The van der Waals surface area contributed by atoms with E-state index in [9.17, 15) is 15.0 Å². The van der Waals surface area contributed by atoms with E-state index in [2.05, 4.69) is 26.0 Å². The second-order valence-corrected chi connectivity index (χ2v) is 9.77. The first-order valence-corrected chi connectivity index (χ1v) is 11.5. The van der Waals surface area contributed by atoms with Crippen LogP contribution in [-0.4, -0.2) is 21.6 Å². The van der Waals surface area contributed by atoms with Crippen LogP contribution >= 0.6 is 0 Å². The highest BCUT2D eigenvalue weighted by atomic mass is 16.5. The Kier molecular flexibility index (Phi) is 7.51. The number of carbonyl (C=O) groups is 1. The first kappa shape index (κ1) is 25.1. The Morgan fingerprint density at radius 1 is 1.00 bits per heavy atom. The van der Waals surface area contributed by atoms with Crippen LogP contribution < -0.4 is 4.74 Å². The van der Waals surface area contributed by atoms with Gasteiger partial charge in [-0.15, -0.1) is 0 Å². The first-order chi connectivity index (χ1) is 16.0. The molecule has 2 N–H and O–H groups in total. The molecule has 4 heteroatoms. The third-order valence-corrected chi connectivity index (χ3v) is 5.64. The van der Waals surface area contributed by atoms with E-state index in [4.69, 9.17) is 4.74 Å². The lowest BCUT2D eigenvalue weighted by atomic mass is 9.95. The van der Waals surface area contributed by atoms with Crippen molar-refractivity contribution in [1.29, 1.82) is 0 Å². The smallest absolute Gasteiger partial charge is 0.189 e. The fraction of sp³-hybridized carbons (Fsp3) is 0.300. The quantitative estimate of drug-likeness (QED) is 0.262. The summed E-state index contributed by atoms with van der Waals surface area (Å²) in [6.45, 7) is 12.1. The third kappa shape index (κ3) is 6.07. The van der Waals surface area contributed by atoms with Gasteiger partial charge in [0.05, 0.1) is 5.56 Å². The maximum atomic E-state index is 12.9. The Morgan fingerprint density at radius 3 is 2.35 bits per heavy atom. The SMILES string of the molecule is CC(C)=CCc1cc(C=CC(=O)c2ccc(O)c(CC=C(C)C)c2O)cc2c1OC(C)(C)C=C2. The molecule has 1 aliphatic rings. The van der Waals surface area contributed by atoms with Gasteiger partial charge in [-0.25, -0.2) is 0 Å². The van der Waals surface area contributed by atoms with E-state index in [0.29, 0.717) is 12.0 Å². The van der Waals surface area contributed by atoms with Gasteiger partial charge < -0.3 is 14.9 Å². The lowest BCUT2D eigenvalue weighted by Gasteiger charge is -2.29. The lowest BCUT2D eigenvalue weighted by molar-refractivity contribution is 0.104. The van der Waals surface area contributed by atoms with Crippen molar-refractivity contribution < 1.29 is 19.7 Å². The summed E-state index contributed by atoms with van der Waals surface area (Å²) in [5, 5.41) is 20.8. The van der Waals surface area contributed by atoms with Crippen molar-refractivity contribution in [2.45, 2.75) is 60.0 Å². The van der Waals surface area contributed by atoms with Gasteiger partial charge in [-0.3, -0.25) is 4.79 Å². The van der Waals surface area contributed by atoms with Crippen LogP contribution in [0.2, 0.25) is 0 Å². The van der Waals surface area contributed by atoms with Crippen molar-refractivity contribution in [3.05, 3.63) is 87.5 Å². The van der Waals surface area contributed by atoms with E-state index >= 15 is 0 Å². The molecule has 3 rings (SSSR count). The Labute approximate surface area is 202 Å². The van der Waals surface area contributed by atoms with Crippen LogP contribution in [0.3, 0.4) is 0 Å². The van der Waals surface area contributed by atoms with Crippen LogP contribution in [0, 0.1) is 0 Å². The average Bonchev–Trinajstić information content (AvgIpc) is 2.75. The summed E-state index contributed by atoms with van der Waals surface area (Å²) in [7, 11) is 0. The summed E-state index contributed by atoms with van der Waals surface area (Å²) in [5.41, 5.74) is 5.33. The molecule has 0 unspecified atom stereocenters. The molecule has 1 aliphatic heterocycles. The Hall–Kier alpha value is -3.53. The van der Waals surface area contributed by atoms with Crippen LogP contribution in [0.1, 0.15) is 74.2 Å². The highest BCUT2D eigenvalue weighted by Gasteiger charge is 2.24. The van der Waals surface area contributed by atoms with Gasteiger partial charge in [0.1, 0.15) is 22.8 Å². The topological polar surface area (TPSA) is 66.8 Å². The fourth-order valence-corrected chi connectivity index (χ4v) is 3.73. The number of aromatic hydroxyl groups is 2. The number of phenolic OH excluding ortho intramolecular Hbond substituents is 2. The van der Waals surface area contributed by atoms with Gasteiger partial charge in [-0.2, -0.15) is 0 Å². The number of phenols is 2. The van der Waals surface area contributed by atoms with Crippen LogP contribution in [0.4, 0.5) is 0 Å². The molecular formula is C30H34O4. The van der Waals surface area contributed by atoms with E-state index < -0.39 is 0 Å². The number of benzene rings is 2. The number of rotatable bonds is 7. The molecule has 0 spiro atoms. The zero-order valence-corrected chi connectivity index (χ0v) is 20.9. The molecule has 34 heavy (non-hydrogen) atoms. The van der Waals surface area contributed by atoms with Crippen molar-refractivity contribution in [3.63, 3.8) is 0 Å². The lowest BCUT2D eigenvalue weighted by Crippen LogP contribution is -2.28. The largest absolute Gasteiger partial charge is 0.508 e. The third-order valence-electron chi connectivity index (χ3n) is 5.64. The van der Waals surface area contributed by atoms with Gasteiger partial charge in [0.2, 0.25) is 0 Å². The molecule has 0 saturated heterocycles. The highest BCUT2D eigenvalue weighted by molar-refractivity contribution is 6.09. The number of carbonyl (C=O) groups excluding carboxylic acids is 1. The molecule has 0 aromatic heterocycles. The number of ketones is 1. The van der Waals surface area contributed by atoms with Gasteiger partial charge in [0.25, 0.3) is 0 Å². The minimum atomic E-state index is -0.375. The van der Waals surface area contributed by atoms with E-state index in [1.54, 1.807) is 6.08 Å². The van der Waals surface area contributed by atoms with Crippen molar-refractivity contribution in [2.75, 3.05) is 0 Å². The molecule has 0 atom stereocenters. The predicted octanol–water partition coefficient (Wildman–Crippen LogP) is 7.20. The zero-order chi connectivity index (χ0) is 25.0.